The Labute approximate surface area is 105 Å². The van der Waals surface area contributed by atoms with Gasteiger partial charge < -0.3 is 11.1 Å². The van der Waals surface area contributed by atoms with E-state index in [4.69, 9.17) is 5.73 Å². The molecule has 1 heterocycles. The van der Waals surface area contributed by atoms with E-state index in [0.717, 1.165) is 29.9 Å². The Bertz CT molecular complexity index is 495. The molecular formula is C13H17FN4. The molecule has 4 nitrogen and oxygen atoms in total. The molecule has 0 amide bonds. The topological polar surface area (TPSA) is 66.7 Å². The predicted octanol–water partition coefficient (Wildman–Crippen LogP) is 1.90. The molecule has 4 N–H and O–H groups in total. The van der Waals surface area contributed by atoms with Gasteiger partial charge in [-0.3, -0.25) is 5.10 Å². The van der Waals surface area contributed by atoms with Crippen molar-refractivity contribution in [1.29, 1.82) is 0 Å². The Balaban J connectivity index is 2.03. The molecule has 0 saturated carbocycles. The van der Waals surface area contributed by atoms with Crippen molar-refractivity contribution in [2.24, 2.45) is 5.73 Å². The third-order valence-electron chi connectivity index (χ3n) is 2.68. The van der Waals surface area contributed by atoms with Crippen LogP contribution in [-0.2, 0) is 6.42 Å². The van der Waals surface area contributed by atoms with E-state index in [0.29, 0.717) is 13.0 Å². The van der Waals surface area contributed by atoms with Crippen molar-refractivity contribution in [3.63, 3.8) is 0 Å². The average molecular weight is 248 g/mol. The second-order valence-electron chi connectivity index (χ2n) is 4.14. The minimum Gasteiger partial charge on any atom is -0.382 e. The van der Waals surface area contributed by atoms with Crippen molar-refractivity contribution in [2.75, 3.05) is 18.4 Å². The first kappa shape index (κ1) is 12.6. The van der Waals surface area contributed by atoms with Crippen LogP contribution in [0.3, 0.4) is 0 Å². The molecule has 0 aliphatic carbocycles. The Morgan fingerprint density at radius 1 is 1.39 bits per heavy atom. The fraction of sp³-hybridized carbons (Fsp3) is 0.308. The molecule has 0 saturated heterocycles. The molecule has 0 unspecified atom stereocenters. The van der Waals surface area contributed by atoms with Crippen LogP contribution in [0.2, 0.25) is 0 Å². The zero-order valence-corrected chi connectivity index (χ0v) is 10.1. The van der Waals surface area contributed by atoms with Crippen molar-refractivity contribution in [3.05, 3.63) is 47.5 Å². The van der Waals surface area contributed by atoms with Crippen LogP contribution in [0.25, 0.3) is 0 Å². The maximum absolute atomic E-state index is 13.1. The molecular weight excluding hydrogens is 231 g/mol. The van der Waals surface area contributed by atoms with Gasteiger partial charge in [0.05, 0.1) is 17.6 Å². The summed E-state index contributed by atoms with van der Waals surface area (Å²) in [7, 11) is 0. The van der Waals surface area contributed by atoms with Gasteiger partial charge in [-0.2, -0.15) is 5.10 Å². The summed E-state index contributed by atoms with van der Waals surface area (Å²) < 4.78 is 13.1. The molecule has 0 radical (unpaired) electrons. The van der Waals surface area contributed by atoms with Crippen molar-refractivity contribution in [3.8, 4) is 0 Å². The van der Waals surface area contributed by atoms with Gasteiger partial charge in [0.25, 0.3) is 0 Å². The number of aromatic nitrogens is 2. The lowest BCUT2D eigenvalue weighted by Crippen LogP contribution is -2.09. The average Bonchev–Trinajstić information content (AvgIpc) is 2.77. The van der Waals surface area contributed by atoms with Crippen LogP contribution in [0.5, 0.6) is 0 Å². The van der Waals surface area contributed by atoms with Crippen molar-refractivity contribution >= 4 is 5.69 Å². The van der Waals surface area contributed by atoms with Gasteiger partial charge in [-0.15, -0.1) is 0 Å². The van der Waals surface area contributed by atoms with Gasteiger partial charge in [0.15, 0.2) is 0 Å². The first-order valence-corrected chi connectivity index (χ1v) is 6.00. The van der Waals surface area contributed by atoms with E-state index < -0.39 is 0 Å². The monoisotopic (exact) mass is 248 g/mol. The number of H-pyrrole nitrogens is 1. The van der Waals surface area contributed by atoms with Crippen LogP contribution < -0.4 is 11.1 Å². The third kappa shape index (κ3) is 3.30. The van der Waals surface area contributed by atoms with E-state index >= 15 is 0 Å². The number of halogens is 1. The number of rotatable bonds is 6. The second kappa shape index (κ2) is 6.16. The molecule has 0 bridgehead atoms. The molecule has 0 aliphatic rings. The summed E-state index contributed by atoms with van der Waals surface area (Å²) in [4.78, 5) is 0. The minimum atomic E-state index is -0.218. The summed E-state index contributed by atoms with van der Waals surface area (Å²) in [6.07, 6.45) is 3.28. The van der Waals surface area contributed by atoms with E-state index in [1.165, 1.54) is 12.1 Å². The maximum Gasteiger partial charge on any atom is 0.123 e. The summed E-state index contributed by atoms with van der Waals surface area (Å²) in [5, 5.41) is 10.2. The molecule has 0 spiro atoms. The van der Waals surface area contributed by atoms with Crippen LogP contribution in [0.15, 0.2) is 30.5 Å². The predicted molar refractivity (Wildman–Crippen MR) is 70.0 cm³/mol. The number of aromatic amines is 1. The van der Waals surface area contributed by atoms with Gasteiger partial charge >= 0.3 is 0 Å². The summed E-state index contributed by atoms with van der Waals surface area (Å²) in [5.41, 5.74) is 8.27. The fourth-order valence-corrected chi connectivity index (χ4v) is 1.78. The van der Waals surface area contributed by atoms with Crippen LogP contribution in [0.4, 0.5) is 10.1 Å². The van der Waals surface area contributed by atoms with Crippen molar-refractivity contribution < 1.29 is 4.39 Å². The highest BCUT2D eigenvalue weighted by molar-refractivity contribution is 5.47. The Morgan fingerprint density at radius 3 is 3.06 bits per heavy atom. The number of nitrogens with one attached hydrogen (secondary N) is 2. The second-order valence-corrected chi connectivity index (χ2v) is 4.14. The molecule has 2 aromatic rings. The van der Waals surface area contributed by atoms with Crippen molar-refractivity contribution in [1.82, 2.24) is 10.2 Å². The maximum atomic E-state index is 13.1. The van der Waals surface area contributed by atoms with Crippen LogP contribution in [0, 0.1) is 5.82 Å². The van der Waals surface area contributed by atoms with Crippen LogP contribution in [-0.4, -0.2) is 23.3 Å². The van der Waals surface area contributed by atoms with Gasteiger partial charge in [-0.1, -0.05) is 12.1 Å². The molecule has 2 rings (SSSR count). The lowest BCUT2D eigenvalue weighted by molar-refractivity contribution is 0.626. The first-order valence-electron chi connectivity index (χ1n) is 6.00. The number of nitrogens with zero attached hydrogens (tertiary/aromatic N) is 1. The zero-order chi connectivity index (χ0) is 12.8. The first-order chi connectivity index (χ1) is 8.79. The summed E-state index contributed by atoms with van der Waals surface area (Å²) in [6.45, 7) is 1.47. The van der Waals surface area contributed by atoms with E-state index in [2.05, 4.69) is 15.5 Å². The normalized spacial score (nSPS) is 10.6. The van der Waals surface area contributed by atoms with Gasteiger partial charge in [0.1, 0.15) is 5.82 Å². The van der Waals surface area contributed by atoms with Crippen molar-refractivity contribution in [2.45, 2.75) is 12.8 Å². The Hall–Kier alpha value is -1.88. The molecule has 0 fully saturated rings. The van der Waals surface area contributed by atoms with E-state index in [1.807, 2.05) is 6.07 Å². The lowest BCUT2D eigenvalue weighted by atomic mass is 10.1. The standard InChI is InChI=1S/C13H17FN4/c14-11-4-1-3-10(7-11)8-12-13(9-17-18-12)16-6-2-5-15/h1,3-4,7,9,16H,2,5-6,8,15H2,(H,17,18). The van der Waals surface area contributed by atoms with Gasteiger partial charge in [-0.05, 0) is 30.7 Å². The smallest absolute Gasteiger partial charge is 0.123 e. The highest BCUT2D eigenvalue weighted by atomic mass is 19.1. The molecule has 96 valence electrons. The number of anilines is 1. The van der Waals surface area contributed by atoms with Crippen LogP contribution in [0.1, 0.15) is 17.7 Å². The minimum absolute atomic E-state index is 0.218. The van der Waals surface area contributed by atoms with E-state index in [9.17, 15) is 4.39 Å². The fourth-order valence-electron chi connectivity index (χ4n) is 1.78. The number of hydrogen-bond donors (Lipinski definition) is 3. The third-order valence-corrected chi connectivity index (χ3v) is 2.68. The summed E-state index contributed by atoms with van der Waals surface area (Å²) in [6, 6.07) is 6.58. The summed E-state index contributed by atoms with van der Waals surface area (Å²) >= 11 is 0. The molecule has 5 heteroatoms. The Kier molecular flexibility index (Phi) is 4.30. The zero-order valence-electron chi connectivity index (χ0n) is 10.1. The van der Waals surface area contributed by atoms with Gasteiger partial charge in [-0.25, -0.2) is 4.39 Å². The highest BCUT2D eigenvalue weighted by Gasteiger charge is 2.06. The quantitative estimate of drug-likeness (QED) is 0.684. The number of hydrogen-bond acceptors (Lipinski definition) is 3. The molecule has 18 heavy (non-hydrogen) atoms. The molecule has 0 atom stereocenters. The molecule has 0 aliphatic heterocycles. The molecule has 1 aromatic heterocycles. The highest BCUT2D eigenvalue weighted by Crippen LogP contribution is 2.16. The largest absolute Gasteiger partial charge is 0.382 e. The number of nitrogens with two attached hydrogens (primary N) is 1. The summed E-state index contributed by atoms with van der Waals surface area (Å²) in [5.74, 6) is -0.218. The van der Waals surface area contributed by atoms with E-state index in [1.54, 1.807) is 12.3 Å². The Morgan fingerprint density at radius 2 is 2.28 bits per heavy atom. The number of benzene rings is 1. The van der Waals surface area contributed by atoms with Crippen LogP contribution >= 0.6 is 0 Å². The SMILES string of the molecule is NCCCNc1cn[nH]c1Cc1cccc(F)c1. The lowest BCUT2D eigenvalue weighted by Gasteiger charge is -2.06. The van der Waals surface area contributed by atoms with E-state index in [-0.39, 0.29) is 5.82 Å². The molecule has 1 aromatic carbocycles. The van der Waals surface area contributed by atoms with Gasteiger partial charge in [0.2, 0.25) is 0 Å². The van der Waals surface area contributed by atoms with Gasteiger partial charge in [0, 0.05) is 13.0 Å².